The van der Waals surface area contributed by atoms with Crippen molar-refractivity contribution in [2.24, 2.45) is 5.92 Å². The van der Waals surface area contributed by atoms with Gasteiger partial charge in [0.25, 0.3) is 5.91 Å². The molecule has 126 valence electrons. The Morgan fingerprint density at radius 3 is 2.50 bits per heavy atom. The number of nitrogens with zero attached hydrogens (tertiary/aromatic N) is 2. The molecule has 0 atom stereocenters. The highest BCUT2D eigenvalue weighted by Gasteiger charge is 2.31. The van der Waals surface area contributed by atoms with Gasteiger partial charge in [-0.15, -0.1) is 0 Å². The van der Waals surface area contributed by atoms with Crippen LogP contribution in [0.5, 0.6) is 0 Å². The third-order valence-corrected chi connectivity index (χ3v) is 4.44. The van der Waals surface area contributed by atoms with E-state index in [-0.39, 0.29) is 17.8 Å². The van der Waals surface area contributed by atoms with E-state index in [4.69, 9.17) is 9.26 Å². The fourth-order valence-corrected chi connectivity index (χ4v) is 3.06. The summed E-state index contributed by atoms with van der Waals surface area (Å²) in [6.45, 7) is 2.79. The van der Waals surface area contributed by atoms with Gasteiger partial charge in [0.05, 0.1) is 13.0 Å². The smallest absolute Gasteiger partial charge is 0.308 e. The van der Waals surface area contributed by atoms with Crippen molar-refractivity contribution in [2.45, 2.75) is 19.8 Å². The second kappa shape index (κ2) is 6.86. The summed E-state index contributed by atoms with van der Waals surface area (Å²) in [6.07, 6.45) is 1.23. The van der Waals surface area contributed by atoms with Crippen LogP contribution in [0, 0.1) is 12.8 Å². The maximum Gasteiger partial charge on any atom is 0.308 e. The van der Waals surface area contributed by atoms with Crippen LogP contribution >= 0.6 is 0 Å². The molecular formula is C18H20N2O4. The fourth-order valence-electron chi connectivity index (χ4n) is 3.06. The molecule has 0 N–H and O–H groups in total. The van der Waals surface area contributed by atoms with Crippen LogP contribution in [0.4, 0.5) is 0 Å². The Labute approximate surface area is 140 Å². The lowest BCUT2D eigenvalue weighted by Gasteiger charge is -2.30. The number of hydrogen-bond donors (Lipinski definition) is 0. The van der Waals surface area contributed by atoms with Crippen molar-refractivity contribution < 1.29 is 18.8 Å². The summed E-state index contributed by atoms with van der Waals surface area (Å²) in [7, 11) is 1.40. The van der Waals surface area contributed by atoms with E-state index in [2.05, 4.69) is 5.16 Å². The van der Waals surface area contributed by atoms with Crippen LogP contribution in [-0.2, 0) is 9.53 Å². The monoisotopic (exact) mass is 328 g/mol. The summed E-state index contributed by atoms with van der Waals surface area (Å²) in [4.78, 5) is 26.3. The van der Waals surface area contributed by atoms with Gasteiger partial charge in [-0.05, 0) is 19.8 Å². The average Bonchev–Trinajstić information content (AvgIpc) is 3.03. The number of aromatic nitrogens is 1. The first kappa shape index (κ1) is 16.2. The predicted molar refractivity (Wildman–Crippen MR) is 87.3 cm³/mol. The normalized spacial score (nSPS) is 15.3. The molecule has 6 nitrogen and oxygen atoms in total. The van der Waals surface area contributed by atoms with Crippen molar-refractivity contribution in [3.63, 3.8) is 0 Å². The van der Waals surface area contributed by atoms with Crippen molar-refractivity contribution in [3.8, 4) is 11.3 Å². The molecule has 1 aliphatic heterocycles. The molecule has 1 saturated heterocycles. The number of carbonyl (C=O) groups excluding carboxylic acids is 2. The van der Waals surface area contributed by atoms with Crippen LogP contribution < -0.4 is 0 Å². The molecule has 6 heteroatoms. The summed E-state index contributed by atoms with van der Waals surface area (Å²) < 4.78 is 10.1. The Balaban J connectivity index is 1.80. The maximum atomic E-state index is 12.9. The Morgan fingerprint density at radius 1 is 1.21 bits per heavy atom. The van der Waals surface area contributed by atoms with Crippen molar-refractivity contribution >= 4 is 11.9 Å². The summed E-state index contributed by atoms with van der Waals surface area (Å²) in [6, 6.07) is 9.51. The van der Waals surface area contributed by atoms with Crippen LogP contribution in [0.1, 0.15) is 29.0 Å². The third kappa shape index (κ3) is 3.04. The molecule has 0 bridgehead atoms. The van der Waals surface area contributed by atoms with E-state index in [0.29, 0.717) is 42.9 Å². The van der Waals surface area contributed by atoms with Crippen molar-refractivity contribution in [1.29, 1.82) is 0 Å². The number of rotatable bonds is 3. The van der Waals surface area contributed by atoms with Gasteiger partial charge < -0.3 is 14.2 Å². The zero-order chi connectivity index (χ0) is 17.1. The highest BCUT2D eigenvalue weighted by molar-refractivity contribution is 6.00. The number of hydrogen-bond acceptors (Lipinski definition) is 5. The van der Waals surface area contributed by atoms with Gasteiger partial charge in [-0.25, -0.2) is 0 Å². The molecule has 1 aromatic heterocycles. The quantitative estimate of drug-likeness (QED) is 0.810. The minimum absolute atomic E-state index is 0.101. The third-order valence-electron chi connectivity index (χ3n) is 4.44. The fraction of sp³-hybridized carbons (Fsp3) is 0.389. The van der Waals surface area contributed by atoms with Crippen LogP contribution in [-0.4, -0.2) is 42.1 Å². The van der Waals surface area contributed by atoms with Gasteiger partial charge in [0, 0.05) is 18.7 Å². The number of amides is 1. The minimum atomic E-state index is -0.201. The molecular weight excluding hydrogens is 308 g/mol. The van der Waals surface area contributed by atoms with Crippen LogP contribution in [0.3, 0.4) is 0 Å². The summed E-state index contributed by atoms with van der Waals surface area (Å²) in [5.41, 5.74) is 1.91. The lowest BCUT2D eigenvalue weighted by Crippen LogP contribution is -2.40. The zero-order valence-corrected chi connectivity index (χ0v) is 13.8. The van der Waals surface area contributed by atoms with Gasteiger partial charge in [0.1, 0.15) is 17.0 Å². The lowest BCUT2D eigenvalue weighted by molar-refractivity contribution is -0.146. The molecule has 0 unspecified atom stereocenters. The first-order chi connectivity index (χ1) is 11.6. The number of carbonyl (C=O) groups is 2. The Kier molecular flexibility index (Phi) is 4.64. The van der Waals surface area contributed by atoms with Gasteiger partial charge in [0.2, 0.25) is 0 Å². The van der Waals surface area contributed by atoms with Gasteiger partial charge in [-0.2, -0.15) is 0 Å². The largest absolute Gasteiger partial charge is 0.469 e. The predicted octanol–water partition coefficient (Wildman–Crippen LogP) is 2.68. The molecule has 3 rings (SSSR count). The van der Waals surface area contributed by atoms with Crippen molar-refractivity contribution in [2.75, 3.05) is 20.2 Å². The summed E-state index contributed by atoms with van der Waals surface area (Å²) in [5, 5.41) is 4.06. The van der Waals surface area contributed by atoms with Gasteiger partial charge in [-0.3, -0.25) is 9.59 Å². The number of ether oxygens (including phenoxy) is 1. The SMILES string of the molecule is COC(=O)C1CCN(C(=O)c2c(-c3ccccc3)noc2C)CC1. The zero-order valence-electron chi connectivity index (χ0n) is 13.8. The van der Waals surface area contributed by atoms with E-state index >= 15 is 0 Å². The van der Waals surface area contributed by atoms with E-state index in [9.17, 15) is 9.59 Å². The Bertz CT molecular complexity index is 731. The number of aryl methyl sites for hydroxylation is 1. The van der Waals surface area contributed by atoms with Gasteiger partial charge in [-0.1, -0.05) is 35.5 Å². The number of piperidine rings is 1. The molecule has 1 amide bonds. The van der Waals surface area contributed by atoms with Crippen molar-refractivity contribution in [3.05, 3.63) is 41.7 Å². The second-order valence-electron chi connectivity index (χ2n) is 5.92. The van der Waals surface area contributed by atoms with E-state index in [0.717, 1.165) is 5.56 Å². The molecule has 2 aromatic rings. The number of likely N-dealkylation sites (tertiary alicyclic amines) is 1. The molecule has 0 aliphatic carbocycles. The lowest BCUT2D eigenvalue weighted by atomic mass is 9.96. The summed E-state index contributed by atoms with van der Waals surface area (Å²) in [5.74, 6) is 0.0781. The molecule has 1 aliphatic rings. The molecule has 1 aromatic carbocycles. The van der Waals surface area contributed by atoms with E-state index in [1.807, 2.05) is 30.3 Å². The second-order valence-corrected chi connectivity index (χ2v) is 5.92. The van der Waals surface area contributed by atoms with E-state index in [1.165, 1.54) is 7.11 Å². The molecule has 0 saturated carbocycles. The molecule has 24 heavy (non-hydrogen) atoms. The van der Waals surface area contributed by atoms with Crippen molar-refractivity contribution in [1.82, 2.24) is 10.1 Å². The summed E-state index contributed by atoms with van der Waals surface area (Å²) >= 11 is 0. The topological polar surface area (TPSA) is 72.6 Å². The van der Waals surface area contributed by atoms with Crippen LogP contribution in [0.2, 0.25) is 0 Å². The number of methoxy groups -OCH3 is 1. The van der Waals surface area contributed by atoms with E-state index in [1.54, 1.807) is 11.8 Å². The van der Waals surface area contributed by atoms with Crippen LogP contribution in [0.15, 0.2) is 34.9 Å². The average molecular weight is 328 g/mol. The highest BCUT2D eigenvalue weighted by Crippen LogP contribution is 2.28. The van der Waals surface area contributed by atoms with Gasteiger partial charge >= 0.3 is 5.97 Å². The maximum absolute atomic E-state index is 12.9. The highest BCUT2D eigenvalue weighted by atomic mass is 16.5. The number of benzene rings is 1. The first-order valence-electron chi connectivity index (χ1n) is 8.00. The molecule has 0 radical (unpaired) electrons. The minimum Gasteiger partial charge on any atom is -0.469 e. The number of esters is 1. The van der Waals surface area contributed by atoms with Gasteiger partial charge in [0.15, 0.2) is 0 Å². The molecule has 0 spiro atoms. The standard InChI is InChI=1S/C18H20N2O4/c1-12-15(16(19-24-12)13-6-4-3-5-7-13)17(21)20-10-8-14(9-11-20)18(22)23-2/h3-7,14H,8-11H2,1-2H3. The molecule has 2 heterocycles. The molecule has 1 fully saturated rings. The Hall–Kier alpha value is -2.63. The van der Waals surface area contributed by atoms with E-state index < -0.39 is 0 Å². The Morgan fingerprint density at radius 2 is 1.88 bits per heavy atom. The first-order valence-corrected chi connectivity index (χ1v) is 8.00. The van der Waals surface area contributed by atoms with Crippen LogP contribution in [0.25, 0.3) is 11.3 Å².